The summed E-state index contributed by atoms with van der Waals surface area (Å²) in [5.74, 6) is 1.83. The van der Waals surface area contributed by atoms with Gasteiger partial charge in [0.25, 0.3) is 20.0 Å². The molecule has 0 fully saturated rings. The molecule has 0 amide bonds. The predicted molar refractivity (Wildman–Crippen MR) is 243 cm³/mol. The van der Waals surface area contributed by atoms with Gasteiger partial charge in [0.2, 0.25) is 0 Å². The van der Waals surface area contributed by atoms with Gasteiger partial charge < -0.3 is 24.4 Å². The Morgan fingerprint density at radius 3 is 2.16 bits per heavy atom. The molecule has 320 valence electrons. The van der Waals surface area contributed by atoms with Gasteiger partial charge in [-0.1, -0.05) is 72.8 Å². The number of thiazole rings is 2. The maximum atomic E-state index is 13.4. The molecule has 0 saturated carbocycles. The van der Waals surface area contributed by atoms with Gasteiger partial charge >= 0.3 is 0 Å². The summed E-state index contributed by atoms with van der Waals surface area (Å²) in [6.45, 7) is 3.38. The fourth-order valence-electron chi connectivity index (χ4n) is 6.27. The van der Waals surface area contributed by atoms with Crippen molar-refractivity contribution in [2.75, 3.05) is 52.7 Å². The largest absolute Gasteiger partial charge is 0.497 e. The van der Waals surface area contributed by atoms with Crippen LogP contribution in [0.5, 0.6) is 17.2 Å². The van der Waals surface area contributed by atoms with Gasteiger partial charge in [-0.05, 0) is 47.5 Å². The number of sulfonamides is 2. The number of methoxy groups -OCH3 is 1. The zero-order valence-corrected chi connectivity index (χ0v) is 36.6. The zero-order chi connectivity index (χ0) is 43.4. The van der Waals surface area contributed by atoms with Crippen LogP contribution < -0.4 is 33.5 Å². The number of hydrogen-bond acceptors (Lipinski definition) is 14. The molecule has 18 heteroatoms. The third-order valence-corrected chi connectivity index (χ3v) is 14.1. The van der Waals surface area contributed by atoms with Crippen molar-refractivity contribution in [3.8, 4) is 17.2 Å². The number of rotatable bonds is 12. The molecule has 5 aromatic carbocycles. The lowest BCUT2D eigenvalue weighted by Crippen LogP contribution is -2.32. The predicted octanol–water partition coefficient (Wildman–Crippen LogP) is 8.19. The van der Waals surface area contributed by atoms with Crippen molar-refractivity contribution in [3.05, 3.63) is 161 Å². The Balaban J connectivity index is 0.000000159. The fraction of sp³-hybridized carbons (Fsp3) is 0.159. The Morgan fingerprint density at radius 2 is 1.48 bits per heavy atom. The molecule has 0 unspecified atom stereocenters. The summed E-state index contributed by atoms with van der Waals surface area (Å²) < 4.78 is 72.3. The minimum Gasteiger partial charge on any atom is -0.497 e. The second kappa shape index (κ2) is 20.4. The molecule has 14 nitrogen and oxygen atoms in total. The molecule has 2 aromatic heterocycles. The van der Waals surface area contributed by atoms with Crippen LogP contribution in [-0.2, 0) is 33.1 Å². The summed E-state index contributed by atoms with van der Waals surface area (Å²) in [5, 5.41) is 7.42. The van der Waals surface area contributed by atoms with Crippen LogP contribution in [0.15, 0.2) is 154 Å². The first kappa shape index (κ1) is 43.6. The molecule has 0 saturated heterocycles. The minimum atomic E-state index is -3.83. The highest BCUT2D eigenvalue weighted by molar-refractivity contribution is 7.93. The summed E-state index contributed by atoms with van der Waals surface area (Å²) in [6, 6.07) is 36.4. The summed E-state index contributed by atoms with van der Waals surface area (Å²) in [4.78, 5) is 20.7. The lowest BCUT2D eigenvalue weighted by Gasteiger charge is -2.31. The number of anilines is 4. The second-order valence-corrected chi connectivity index (χ2v) is 18.8. The minimum absolute atomic E-state index is 0.160. The molecule has 0 spiro atoms. The quantitative estimate of drug-likeness (QED) is 0.113. The van der Waals surface area contributed by atoms with Crippen molar-refractivity contribution in [1.29, 1.82) is 0 Å². The van der Waals surface area contributed by atoms with Gasteiger partial charge in [0.15, 0.2) is 10.3 Å². The highest BCUT2D eigenvalue weighted by Crippen LogP contribution is 2.36. The van der Waals surface area contributed by atoms with E-state index in [0.717, 1.165) is 41.9 Å². The van der Waals surface area contributed by atoms with Crippen molar-refractivity contribution in [2.24, 2.45) is 0 Å². The van der Waals surface area contributed by atoms with Crippen LogP contribution in [0, 0.1) is 0 Å². The Labute approximate surface area is 368 Å². The van der Waals surface area contributed by atoms with Crippen LogP contribution in [0.3, 0.4) is 0 Å². The van der Waals surface area contributed by atoms with Crippen LogP contribution >= 0.6 is 22.7 Å². The van der Waals surface area contributed by atoms with E-state index in [2.05, 4.69) is 37.0 Å². The van der Waals surface area contributed by atoms with Crippen LogP contribution in [0.25, 0.3) is 0 Å². The molecule has 7 aromatic rings. The fourth-order valence-corrected chi connectivity index (χ4v) is 10.4. The van der Waals surface area contributed by atoms with Crippen molar-refractivity contribution in [3.63, 3.8) is 0 Å². The molecular weight excluding hydrogens is 869 g/mol. The monoisotopic (exact) mass is 910 g/mol. The number of hydrogen-bond donors (Lipinski definition) is 2. The van der Waals surface area contributed by atoms with E-state index in [1.807, 2.05) is 48.5 Å². The number of carbonyl (C=O) groups excluding carboxylic acids is 1. The van der Waals surface area contributed by atoms with E-state index in [1.54, 1.807) is 90.9 Å². The van der Waals surface area contributed by atoms with Crippen LogP contribution in [0.2, 0.25) is 0 Å². The number of aromatic nitrogens is 2. The van der Waals surface area contributed by atoms with Gasteiger partial charge in [-0.25, -0.2) is 31.1 Å². The van der Waals surface area contributed by atoms with Crippen LogP contribution in [0.4, 0.5) is 21.6 Å². The van der Waals surface area contributed by atoms with Crippen LogP contribution in [-0.4, -0.2) is 66.5 Å². The smallest absolute Gasteiger partial charge is 0.266 e. The average Bonchev–Trinajstić information content (AvgIpc) is 4.05. The van der Waals surface area contributed by atoms with Gasteiger partial charge in [0.1, 0.15) is 36.7 Å². The Morgan fingerprint density at radius 1 is 0.790 bits per heavy atom. The molecule has 2 aliphatic rings. The number of ether oxygens (including phenoxy) is 3. The van der Waals surface area contributed by atoms with Gasteiger partial charge in [-0.2, -0.15) is 0 Å². The van der Waals surface area contributed by atoms with E-state index in [4.69, 9.17) is 14.2 Å². The summed E-state index contributed by atoms with van der Waals surface area (Å²) >= 11 is 2.51. The number of fused-ring (bicyclic) bond motifs is 2. The maximum absolute atomic E-state index is 13.4. The molecule has 2 aliphatic heterocycles. The SMILES string of the molecule is COc1ccc(CN(c2nccs2)S(=O)(=O)c2ccc3c(c2)OCCN3)cc1.O=Cc1ccccc1.O=S(=O)(Nc1nccs1)c1ccc2c(c1)OCCN2Cc1ccccc1. The first-order valence-electron chi connectivity index (χ1n) is 19.2. The summed E-state index contributed by atoms with van der Waals surface area (Å²) in [5.41, 5.74) is 4.44. The van der Waals surface area contributed by atoms with Crippen molar-refractivity contribution < 1.29 is 35.8 Å². The molecule has 62 heavy (non-hydrogen) atoms. The third kappa shape index (κ3) is 11.1. The standard InChI is InChI=1S/C19H19N3O4S2.C18H17N3O3S2.C7H6O/c1-25-15-4-2-14(3-5-15)13-22(19-21-9-11-27-19)28(23,24)16-6-7-17-18(12-16)26-10-8-20-17;22-26(23,20-18-19-8-11-25-18)15-6-7-16-17(12-15)24-10-9-21(16)13-14-4-2-1-3-5-14;8-6-7-4-2-1-3-5-7/h2-7,9,11-12,20H,8,10,13H2,1H3;1-8,11-12H,9-10,13H2,(H,19,20);1-6H. The summed E-state index contributed by atoms with van der Waals surface area (Å²) in [7, 11) is -5.93. The lowest BCUT2D eigenvalue weighted by atomic mass is 10.1. The zero-order valence-electron chi connectivity index (χ0n) is 33.4. The third-order valence-electron chi connectivity index (χ3n) is 9.34. The summed E-state index contributed by atoms with van der Waals surface area (Å²) in [6.07, 6.45) is 3.98. The topological polar surface area (TPSA) is 169 Å². The van der Waals surface area contributed by atoms with Crippen molar-refractivity contribution in [1.82, 2.24) is 9.97 Å². The van der Waals surface area contributed by atoms with Gasteiger partial charge in [0.05, 0.1) is 41.4 Å². The molecule has 0 atom stereocenters. The normalized spacial score (nSPS) is 12.8. The van der Waals surface area contributed by atoms with Gasteiger partial charge in [-0.15, -0.1) is 22.7 Å². The van der Waals surface area contributed by atoms with E-state index >= 15 is 0 Å². The maximum Gasteiger partial charge on any atom is 0.266 e. The Hall–Kier alpha value is -6.47. The molecule has 0 radical (unpaired) electrons. The average molecular weight is 911 g/mol. The molecule has 4 heterocycles. The molecule has 0 aliphatic carbocycles. The second-order valence-electron chi connectivity index (χ2n) is 13.5. The first-order chi connectivity index (χ1) is 30.1. The van der Waals surface area contributed by atoms with E-state index in [-0.39, 0.29) is 16.3 Å². The molecular formula is C44H42N6O8S4. The van der Waals surface area contributed by atoms with E-state index in [1.165, 1.54) is 32.5 Å². The lowest BCUT2D eigenvalue weighted by molar-refractivity contribution is 0.112. The number of nitrogens with zero attached hydrogens (tertiary/aromatic N) is 4. The molecule has 0 bridgehead atoms. The Kier molecular flexibility index (Phi) is 14.3. The number of aldehydes is 1. The van der Waals surface area contributed by atoms with Gasteiger partial charge in [0, 0.05) is 53.9 Å². The van der Waals surface area contributed by atoms with E-state index in [0.29, 0.717) is 47.3 Å². The van der Waals surface area contributed by atoms with Crippen LogP contribution in [0.1, 0.15) is 21.5 Å². The Bertz CT molecular complexity index is 2740. The van der Waals surface area contributed by atoms with Crippen molar-refractivity contribution in [2.45, 2.75) is 22.9 Å². The van der Waals surface area contributed by atoms with E-state index < -0.39 is 20.0 Å². The molecule has 9 rings (SSSR count). The highest BCUT2D eigenvalue weighted by atomic mass is 32.2. The number of nitrogens with one attached hydrogen (secondary N) is 2. The molecule has 2 N–H and O–H groups in total. The number of benzene rings is 5. The first-order valence-corrected chi connectivity index (χ1v) is 23.9. The van der Waals surface area contributed by atoms with E-state index in [9.17, 15) is 21.6 Å². The van der Waals surface area contributed by atoms with Crippen molar-refractivity contribution >= 4 is 70.6 Å². The number of carbonyl (C=O) groups is 1. The highest BCUT2D eigenvalue weighted by Gasteiger charge is 2.29. The van der Waals surface area contributed by atoms with Gasteiger partial charge in [-0.3, -0.25) is 9.52 Å².